The molecule has 72 valence electrons. The van der Waals surface area contributed by atoms with Crippen molar-refractivity contribution >= 4 is 11.9 Å². The van der Waals surface area contributed by atoms with E-state index in [-0.39, 0.29) is 4.75 Å². The first kappa shape index (κ1) is 10.6. The molecular weight excluding hydrogens is 178 g/mol. The standard InChI is InChI=1S/C11H17NS/c1-11(2,3)13-12-9-10-7-5-4-6-8-10/h4-8,12H,9H2,1-3H3. The van der Waals surface area contributed by atoms with Crippen LogP contribution >= 0.6 is 11.9 Å². The van der Waals surface area contributed by atoms with Crippen LogP contribution in [-0.4, -0.2) is 4.75 Å². The second kappa shape index (κ2) is 4.68. The highest BCUT2D eigenvalue weighted by Gasteiger charge is 2.09. The summed E-state index contributed by atoms with van der Waals surface area (Å²) in [5, 5.41) is 0. The van der Waals surface area contributed by atoms with Gasteiger partial charge < -0.3 is 0 Å². The van der Waals surface area contributed by atoms with Crippen LogP contribution in [0.3, 0.4) is 0 Å². The molecule has 13 heavy (non-hydrogen) atoms. The van der Waals surface area contributed by atoms with Gasteiger partial charge in [0.05, 0.1) is 0 Å². The maximum atomic E-state index is 3.36. The summed E-state index contributed by atoms with van der Waals surface area (Å²) >= 11 is 1.78. The number of hydrogen-bond donors (Lipinski definition) is 1. The highest BCUT2D eigenvalue weighted by molar-refractivity contribution is 7.98. The monoisotopic (exact) mass is 195 g/mol. The normalized spacial score (nSPS) is 11.6. The maximum Gasteiger partial charge on any atom is 0.0310 e. The molecule has 0 aliphatic carbocycles. The van der Waals surface area contributed by atoms with Gasteiger partial charge in [0, 0.05) is 11.3 Å². The molecule has 0 radical (unpaired) electrons. The topological polar surface area (TPSA) is 12.0 Å². The Kier molecular flexibility index (Phi) is 3.82. The molecule has 2 heteroatoms. The Balaban J connectivity index is 2.29. The molecular formula is C11H17NS. The van der Waals surface area contributed by atoms with Crippen LogP contribution in [0.5, 0.6) is 0 Å². The minimum atomic E-state index is 0.286. The van der Waals surface area contributed by atoms with E-state index in [1.54, 1.807) is 11.9 Å². The van der Waals surface area contributed by atoms with Gasteiger partial charge in [-0.15, -0.1) is 0 Å². The molecule has 0 atom stereocenters. The van der Waals surface area contributed by atoms with Crippen molar-refractivity contribution in [2.75, 3.05) is 0 Å². The van der Waals surface area contributed by atoms with Crippen LogP contribution in [0, 0.1) is 0 Å². The molecule has 0 saturated heterocycles. The Morgan fingerprint density at radius 3 is 2.31 bits per heavy atom. The summed E-state index contributed by atoms with van der Waals surface area (Å²) in [6, 6.07) is 10.4. The van der Waals surface area contributed by atoms with E-state index in [1.165, 1.54) is 5.56 Å². The van der Waals surface area contributed by atoms with E-state index in [4.69, 9.17) is 0 Å². The summed E-state index contributed by atoms with van der Waals surface area (Å²) in [5.74, 6) is 0. The van der Waals surface area contributed by atoms with Gasteiger partial charge in [0.25, 0.3) is 0 Å². The average Bonchev–Trinajstić information content (AvgIpc) is 2.04. The van der Waals surface area contributed by atoms with Gasteiger partial charge in [-0.05, 0) is 26.3 Å². The van der Waals surface area contributed by atoms with Gasteiger partial charge in [-0.25, -0.2) is 0 Å². The molecule has 0 fully saturated rings. The maximum absolute atomic E-state index is 3.36. The Morgan fingerprint density at radius 2 is 1.77 bits per heavy atom. The third kappa shape index (κ3) is 4.96. The van der Waals surface area contributed by atoms with Crippen LogP contribution < -0.4 is 4.72 Å². The largest absolute Gasteiger partial charge is 0.259 e. The predicted molar refractivity (Wildman–Crippen MR) is 60.6 cm³/mol. The predicted octanol–water partition coefficient (Wildman–Crippen LogP) is 3.22. The van der Waals surface area contributed by atoms with E-state index in [0.29, 0.717) is 0 Å². The second-order valence-electron chi connectivity index (χ2n) is 4.02. The van der Waals surface area contributed by atoms with Crippen molar-refractivity contribution < 1.29 is 0 Å². The summed E-state index contributed by atoms with van der Waals surface area (Å²) in [5.41, 5.74) is 1.33. The lowest BCUT2D eigenvalue weighted by Crippen LogP contribution is -2.16. The molecule has 1 nitrogen and oxygen atoms in total. The molecule has 0 saturated carbocycles. The molecule has 0 bridgehead atoms. The molecule has 1 rings (SSSR count). The van der Waals surface area contributed by atoms with Crippen LogP contribution in [0.4, 0.5) is 0 Å². The molecule has 0 aromatic heterocycles. The third-order valence-corrected chi connectivity index (χ3v) is 2.40. The van der Waals surface area contributed by atoms with Crippen molar-refractivity contribution in [2.24, 2.45) is 0 Å². The van der Waals surface area contributed by atoms with E-state index < -0.39 is 0 Å². The zero-order chi connectivity index (χ0) is 9.73. The number of nitrogens with one attached hydrogen (secondary N) is 1. The molecule has 0 aliphatic heterocycles. The summed E-state index contributed by atoms with van der Waals surface area (Å²) in [4.78, 5) is 0. The third-order valence-electron chi connectivity index (χ3n) is 1.50. The lowest BCUT2D eigenvalue weighted by Gasteiger charge is -2.17. The molecule has 0 spiro atoms. The minimum Gasteiger partial charge on any atom is -0.259 e. The van der Waals surface area contributed by atoms with Crippen LogP contribution in [0.25, 0.3) is 0 Å². The zero-order valence-corrected chi connectivity index (χ0v) is 9.32. The first-order valence-electron chi connectivity index (χ1n) is 4.53. The fraction of sp³-hybridized carbons (Fsp3) is 0.455. The van der Waals surface area contributed by atoms with E-state index in [0.717, 1.165) is 6.54 Å². The summed E-state index contributed by atoms with van der Waals surface area (Å²) < 4.78 is 3.64. The molecule has 0 amide bonds. The van der Waals surface area contributed by atoms with Gasteiger partial charge in [0.1, 0.15) is 0 Å². The molecule has 1 aromatic carbocycles. The van der Waals surface area contributed by atoms with Crippen LogP contribution in [-0.2, 0) is 6.54 Å². The lowest BCUT2D eigenvalue weighted by atomic mass is 10.2. The second-order valence-corrected chi connectivity index (χ2v) is 5.74. The van der Waals surface area contributed by atoms with Gasteiger partial charge in [-0.3, -0.25) is 4.72 Å². The van der Waals surface area contributed by atoms with Gasteiger partial charge in [0.2, 0.25) is 0 Å². The Morgan fingerprint density at radius 1 is 1.15 bits per heavy atom. The van der Waals surface area contributed by atoms with Crippen molar-refractivity contribution in [1.29, 1.82) is 0 Å². The SMILES string of the molecule is CC(C)(C)SNCc1ccccc1. The van der Waals surface area contributed by atoms with Crippen molar-refractivity contribution in [3.63, 3.8) is 0 Å². The minimum absolute atomic E-state index is 0.286. The smallest absolute Gasteiger partial charge is 0.0310 e. The van der Waals surface area contributed by atoms with E-state index in [1.807, 2.05) is 6.07 Å². The van der Waals surface area contributed by atoms with E-state index in [9.17, 15) is 0 Å². The summed E-state index contributed by atoms with van der Waals surface area (Å²) in [7, 11) is 0. The molecule has 0 heterocycles. The number of benzene rings is 1. The Bertz CT molecular complexity index is 238. The van der Waals surface area contributed by atoms with E-state index >= 15 is 0 Å². The molecule has 1 N–H and O–H groups in total. The van der Waals surface area contributed by atoms with Crippen molar-refractivity contribution in [3.05, 3.63) is 35.9 Å². The summed E-state index contributed by atoms with van der Waals surface area (Å²) in [6.07, 6.45) is 0. The van der Waals surface area contributed by atoms with Crippen molar-refractivity contribution in [2.45, 2.75) is 32.1 Å². The van der Waals surface area contributed by atoms with Crippen molar-refractivity contribution in [3.8, 4) is 0 Å². The average molecular weight is 195 g/mol. The van der Waals surface area contributed by atoms with Crippen molar-refractivity contribution in [1.82, 2.24) is 4.72 Å². The van der Waals surface area contributed by atoms with Crippen LogP contribution in [0.1, 0.15) is 26.3 Å². The fourth-order valence-corrected chi connectivity index (χ4v) is 1.60. The first-order chi connectivity index (χ1) is 6.08. The van der Waals surface area contributed by atoms with E-state index in [2.05, 4.69) is 49.8 Å². The number of rotatable bonds is 3. The van der Waals surface area contributed by atoms with Gasteiger partial charge in [-0.1, -0.05) is 42.3 Å². The summed E-state index contributed by atoms with van der Waals surface area (Å²) in [6.45, 7) is 7.55. The van der Waals surface area contributed by atoms with Crippen LogP contribution in [0.2, 0.25) is 0 Å². The van der Waals surface area contributed by atoms with Gasteiger partial charge >= 0.3 is 0 Å². The number of hydrogen-bond acceptors (Lipinski definition) is 2. The zero-order valence-electron chi connectivity index (χ0n) is 8.50. The van der Waals surface area contributed by atoms with Crippen LogP contribution in [0.15, 0.2) is 30.3 Å². The highest BCUT2D eigenvalue weighted by Crippen LogP contribution is 2.19. The molecule has 0 unspecified atom stereocenters. The molecule has 0 aliphatic rings. The highest BCUT2D eigenvalue weighted by atomic mass is 32.2. The fourth-order valence-electron chi connectivity index (χ4n) is 0.932. The Hall–Kier alpha value is -0.470. The lowest BCUT2D eigenvalue weighted by molar-refractivity contribution is 0.787. The molecule has 1 aromatic rings. The quantitative estimate of drug-likeness (QED) is 0.743. The van der Waals surface area contributed by atoms with Gasteiger partial charge in [-0.2, -0.15) is 0 Å². The van der Waals surface area contributed by atoms with Gasteiger partial charge in [0.15, 0.2) is 0 Å². The first-order valence-corrected chi connectivity index (χ1v) is 5.34. The Labute approximate surface area is 85.1 Å².